The van der Waals surface area contributed by atoms with Gasteiger partial charge in [0.15, 0.2) is 20.8 Å². The van der Waals surface area contributed by atoms with Crippen molar-refractivity contribution in [3.63, 3.8) is 0 Å². The number of hydrogen-bond donors (Lipinski definition) is 1. The van der Waals surface area contributed by atoms with Crippen LogP contribution in [0.15, 0.2) is 93.5 Å². The van der Waals surface area contributed by atoms with Crippen LogP contribution in [0.4, 0.5) is 8.78 Å². The fourth-order valence-corrected chi connectivity index (χ4v) is 7.20. The molecule has 3 unspecified atom stereocenters. The van der Waals surface area contributed by atoms with Crippen LogP contribution >= 0.6 is 0 Å². The minimum Gasteiger partial charge on any atom is -0.483 e. The molecule has 10 heteroatoms. The number of ether oxygens (including phenoxy) is 3. The van der Waals surface area contributed by atoms with Crippen molar-refractivity contribution in [2.24, 2.45) is 5.41 Å². The second-order valence-electron chi connectivity index (χ2n) is 11.8. The summed E-state index contributed by atoms with van der Waals surface area (Å²) in [6, 6.07) is 24.9. The molecule has 3 aromatic carbocycles. The second-order valence-corrected chi connectivity index (χ2v) is 15.3. The molecule has 0 aliphatic carbocycles. The number of hydrogen-bond acceptors (Lipinski definition) is 5. The van der Waals surface area contributed by atoms with Crippen molar-refractivity contribution >= 4 is 21.0 Å². The third-order valence-corrected chi connectivity index (χ3v) is 10.5. The van der Waals surface area contributed by atoms with Gasteiger partial charge in [0.1, 0.15) is 11.4 Å². The molecular formula is C31H37F2O6S2+. The van der Waals surface area contributed by atoms with Gasteiger partial charge in [0.25, 0.3) is 0 Å². The average molecular weight is 608 g/mol. The summed E-state index contributed by atoms with van der Waals surface area (Å²) in [5, 5.41) is -4.45. The highest BCUT2D eigenvalue weighted by Crippen LogP contribution is 2.47. The first-order valence-corrected chi connectivity index (χ1v) is 15.9. The first kappa shape index (κ1) is 31.4. The van der Waals surface area contributed by atoms with Crippen molar-refractivity contribution in [3.8, 4) is 5.75 Å². The predicted octanol–water partition coefficient (Wildman–Crippen LogP) is 7.10. The lowest BCUT2D eigenvalue weighted by atomic mass is 9.71. The third kappa shape index (κ3) is 6.46. The Morgan fingerprint density at radius 3 is 1.83 bits per heavy atom. The van der Waals surface area contributed by atoms with Crippen LogP contribution in [0.25, 0.3) is 0 Å². The molecule has 1 fully saturated rings. The molecule has 1 aliphatic rings. The summed E-state index contributed by atoms with van der Waals surface area (Å²) in [5.74, 6) is 0.0565. The minimum absolute atomic E-state index is 0.0565. The van der Waals surface area contributed by atoms with Crippen LogP contribution in [0.1, 0.15) is 47.1 Å². The van der Waals surface area contributed by atoms with Crippen molar-refractivity contribution in [2.75, 3.05) is 13.2 Å². The highest BCUT2D eigenvalue weighted by atomic mass is 32.2. The van der Waals surface area contributed by atoms with E-state index in [9.17, 15) is 17.2 Å². The van der Waals surface area contributed by atoms with E-state index < -0.39 is 38.0 Å². The summed E-state index contributed by atoms with van der Waals surface area (Å²) in [7, 11) is -6.16. The molecule has 3 atom stereocenters. The topological polar surface area (TPSA) is 82.1 Å². The maximum absolute atomic E-state index is 14.0. The Kier molecular flexibility index (Phi) is 8.66. The predicted molar refractivity (Wildman–Crippen MR) is 155 cm³/mol. The Morgan fingerprint density at radius 1 is 0.854 bits per heavy atom. The third-order valence-electron chi connectivity index (χ3n) is 7.27. The summed E-state index contributed by atoms with van der Waals surface area (Å²) in [6.45, 7) is 12.3. The fourth-order valence-electron chi connectivity index (χ4n) is 4.67. The average Bonchev–Trinajstić information content (AvgIpc) is 2.90. The van der Waals surface area contributed by atoms with Crippen LogP contribution in [-0.2, 0) is 36.1 Å². The quantitative estimate of drug-likeness (QED) is 0.217. The zero-order chi connectivity index (χ0) is 30.3. The molecule has 3 aromatic rings. The highest BCUT2D eigenvalue weighted by Gasteiger charge is 2.52. The number of rotatable bonds is 8. The van der Waals surface area contributed by atoms with E-state index in [1.807, 2.05) is 44.2 Å². The van der Waals surface area contributed by atoms with Crippen molar-refractivity contribution < 1.29 is 36.0 Å². The largest absolute Gasteiger partial charge is 0.483 e. The number of alkyl halides is 2. The van der Waals surface area contributed by atoms with Gasteiger partial charge in [0.05, 0.1) is 29.7 Å². The zero-order valence-corrected chi connectivity index (χ0v) is 25.7. The maximum atomic E-state index is 14.0. The lowest BCUT2D eigenvalue weighted by Crippen LogP contribution is -2.55. The van der Waals surface area contributed by atoms with E-state index in [0.717, 1.165) is 27.2 Å². The van der Waals surface area contributed by atoms with Crippen molar-refractivity contribution in [2.45, 2.75) is 78.8 Å². The Hall–Kier alpha value is -2.50. The standard InChI is InChI=1S/C31H36F2O6S2/c1-22(31(32,33)41(34,35)36)39-24-14-18-27(19-15-24)40(25-10-8-7-9-11-25)26-16-12-23(13-17-26)30(28(2,3)4)21-37-29(5,6)20-38-30/h7-19,22H,20-21H2,1-6H3/p+1. The first-order valence-electron chi connectivity index (χ1n) is 13.3. The normalized spacial score (nSPS) is 21.2. The lowest BCUT2D eigenvalue weighted by Gasteiger charge is -2.50. The van der Waals surface area contributed by atoms with Crippen molar-refractivity contribution in [1.29, 1.82) is 0 Å². The van der Waals surface area contributed by atoms with Crippen LogP contribution in [0.3, 0.4) is 0 Å². The van der Waals surface area contributed by atoms with Crippen LogP contribution in [0.2, 0.25) is 0 Å². The van der Waals surface area contributed by atoms with E-state index in [1.165, 1.54) is 12.1 Å². The molecule has 0 saturated carbocycles. The molecule has 1 saturated heterocycles. The molecule has 0 spiro atoms. The van der Waals surface area contributed by atoms with Crippen molar-refractivity contribution in [3.05, 3.63) is 84.4 Å². The van der Waals surface area contributed by atoms with E-state index in [-0.39, 0.29) is 16.8 Å². The molecule has 0 amide bonds. The molecule has 0 radical (unpaired) electrons. The van der Waals surface area contributed by atoms with Gasteiger partial charge >= 0.3 is 15.4 Å². The molecule has 1 aliphatic heterocycles. The van der Waals surface area contributed by atoms with E-state index in [0.29, 0.717) is 13.2 Å². The number of benzene rings is 3. The van der Waals surface area contributed by atoms with E-state index >= 15 is 0 Å². The Labute approximate surface area is 244 Å². The van der Waals surface area contributed by atoms with Gasteiger partial charge in [-0.15, -0.1) is 0 Å². The molecule has 6 nitrogen and oxygen atoms in total. The SMILES string of the molecule is CC(Oc1ccc([S+](c2ccccc2)c2ccc(C3(C(C)(C)C)COC(C)(C)CO3)cc2)cc1)C(F)(F)S(=O)(=O)O. The Morgan fingerprint density at radius 2 is 1.37 bits per heavy atom. The van der Waals surface area contributed by atoms with Gasteiger partial charge in [-0.2, -0.15) is 17.2 Å². The zero-order valence-electron chi connectivity index (χ0n) is 24.1. The molecular weight excluding hydrogens is 570 g/mol. The van der Waals surface area contributed by atoms with Crippen LogP contribution in [0.5, 0.6) is 5.75 Å². The maximum Gasteiger partial charge on any atom is 0.405 e. The molecule has 0 aromatic heterocycles. The van der Waals surface area contributed by atoms with Crippen molar-refractivity contribution in [1.82, 2.24) is 0 Å². The minimum atomic E-state index is -5.62. The Bertz CT molecular complexity index is 1420. The molecule has 41 heavy (non-hydrogen) atoms. The summed E-state index contributed by atoms with van der Waals surface area (Å²) in [6.07, 6.45) is -2.09. The van der Waals surface area contributed by atoms with Gasteiger partial charge in [-0.25, -0.2) is 0 Å². The van der Waals surface area contributed by atoms with Gasteiger partial charge in [-0.1, -0.05) is 51.1 Å². The summed E-state index contributed by atoms with van der Waals surface area (Å²) >= 11 is 0. The number of halogens is 2. The molecule has 4 rings (SSSR count). The van der Waals surface area contributed by atoms with Gasteiger partial charge < -0.3 is 14.2 Å². The second kappa shape index (κ2) is 11.3. The van der Waals surface area contributed by atoms with E-state index in [1.54, 1.807) is 12.1 Å². The smallest absolute Gasteiger partial charge is 0.405 e. The monoisotopic (exact) mass is 607 g/mol. The van der Waals surface area contributed by atoms with Crippen LogP contribution in [-0.4, -0.2) is 43.1 Å². The van der Waals surface area contributed by atoms with Gasteiger partial charge in [-0.3, -0.25) is 4.55 Å². The van der Waals surface area contributed by atoms with E-state index in [2.05, 4.69) is 45.0 Å². The first-order chi connectivity index (χ1) is 19.0. The lowest BCUT2D eigenvalue weighted by molar-refractivity contribution is -0.262. The van der Waals surface area contributed by atoms with E-state index in [4.69, 9.17) is 18.8 Å². The Balaban J connectivity index is 1.66. The summed E-state index contributed by atoms with van der Waals surface area (Å²) in [4.78, 5) is 3.01. The summed E-state index contributed by atoms with van der Waals surface area (Å²) < 4.78 is 77.0. The summed E-state index contributed by atoms with van der Waals surface area (Å²) in [5.41, 5.74) is -0.180. The molecule has 222 valence electrons. The highest BCUT2D eigenvalue weighted by molar-refractivity contribution is 7.97. The molecule has 0 bridgehead atoms. The van der Waals surface area contributed by atoms with Gasteiger partial charge in [0.2, 0.25) is 0 Å². The van der Waals surface area contributed by atoms with Gasteiger partial charge in [-0.05, 0) is 80.3 Å². The molecule has 1 N–H and O–H groups in total. The van der Waals surface area contributed by atoms with Crippen LogP contribution in [0, 0.1) is 5.41 Å². The molecule has 1 heterocycles. The fraction of sp³-hybridized carbons (Fsp3) is 0.419. The van der Waals surface area contributed by atoms with Gasteiger partial charge in [0, 0.05) is 0 Å². The van der Waals surface area contributed by atoms with Crippen LogP contribution < -0.4 is 4.74 Å².